The fourth-order valence-corrected chi connectivity index (χ4v) is 10.8. The minimum absolute atomic E-state index is 0.0825. The van der Waals surface area contributed by atoms with Gasteiger partial charge in [-0.15, -0.1) is 0 Å². The van der Waals surface area contributed by atoms with Crippen molar-refractivity contribution in [1.82, 2.24) is 30.0 Å². The number of unbranched alkanes of at least 4 members (excludes halogenated alkanes) is 3. The summed E-state index contributed by atoms with van der Waals surface area (Å²) in [5, 5.41) is 9.79. The molecule has 3 N–H and O–H groups in total. The number of imide groups is 2. The molecule has 1 unspecified atom stereocenters. The molecular weight excluding hydrogens is 881 g/mol. The lowest BCUT2D eigenvalue weighted by molar-refractivity contribution is -0.136. The van der Waals surface area contributed by atoms with Crippen molar-refractivity contribution in [1.29, 1.82) is 0 Å². The number of fused-ring (bicyclic) bond motifs is 1. The Kier molecular flexibility index (Phi) is 14.4. The molecule has 0 bridgehead atoms. The molecule has 18 heteroatoms. The van der Waals surface area contributed by atoms with E-state index in [0.29, 0.717) is 69.2 Å². The molecule has 3 saturated heterocycles. The van der Waals surface area contributed by atoms with E-state index >= 15 is 0 Å². The Labute approximate surface area is 390 Å². The summed E-state index contributed by atoms with van der Waals surface area (Å²) < 4.78 is 18.7. The van der Waals surface area contributed by atoms with E-state index < -0.39 is 36.8 Å². The van der Waals surface area contributed by atoms with Gasteiger partial charge in [0.05, 0.1) is 35.8 Å². The average molecular weight is 938 g/mol. The topological polar surface area (TPSA) is 186 Å². The van der Waals surface area contributed by atoms with Crippen LogP contribution in [0.4, 0.5) is 28.8 Å². The highest BCUT2D eigenvalue weighted by molar-refractivity contribution is 7.70. The van der Waals surface area contributed by atoms with Crippen LogP contribution in [0.2, 0.25) is 5.02 Å². The van der Waals surface area contributed by atoms with Gasteiger partial charge in [-0.3, -0.25) is 39.1 Å². The number of anilines is 5. The first-order chi connectivity index (χ1) is 31.8. The van der Waals surface area contributed by atoms with Gasteiger partial charge in [-0.25, -0.2) is 4.98 Å². The van der Waals surface area contributed by atoms with Gasteiger partial charge in [0.1, 0.15) is 24.0 Å². The fraction of sp³-hybridized carbons (Fsp3) is 0.438. The van der Waals surface area contributed by atoms with E-state index in [9.17, 15) is 28.5 Å². The second-order valence-corrected chi connectivity index (χ2v) is 21.3. The van der Waals surface area contributed by atoms with Crippen LogP contribution in [-0.2, 0) is 25.4 Å². The number of ether oxygens (including phenoxy) is 1. The van der Waals surface area contributed by atoms with Crippen molar-refractivity contribution in [2.24, 2.45) is 0 Å². The van der Waals surface area contributed by atoms with Gasteiger partial charge in [-0.05, 0) is 87.7 Å². The van der Waals surface area contributed by atoms with Crippen LogP contribution in [0, 0.1) is 0 Å². The molecule has 1 atom stereocenters. The largest absolute Gasteiger partial charge is 0.494 e. The van der Waals surface area contributed by atoms with Gasteiger partial charge in [0.25, 0.3) is 11.8 Å². The molecule has 0 saturated carbocycles. The summed E-state index contributed by atoms with van der Waals surface area (Å²) in [7, 11) is -0.924. The van der Waals surface area contributed by atoms with Crippen molar-refractivity contribution in [3.05, 3.63) is 88.6 Å². The van der Waals surface area contributed by atoms with Crippen molar-refractivity contribution >= 4 is 82.4 Å². The highest BCUT2D eigenvalue weighted by Crippen LogP contribution is 2.39. The molecule has 1 aromatic heterocycles. The number of benzene rings is 3. The molecule has 3 fully saturated rings. The molecule has 16 nitrogen and oxygen atoms in total. The number of piperazine rings is 1. The molecule has 0 radical (unpaired) electrons. The van der Waals surface area contributed by atoms with Crippen molar-refractivity contribution in [3.63, 3.8) is 0 Å². The smallest absolute Gasteiger partial charge is 0.262 e. The predicted molar refractivity (Wildman–Crippen MR) is 255 cm³/mol. The summed E-state index contributed by atoms with van der Waals surface area (Å²) in [6, 6.07) is 18.2. The zero-order valence-electron chi connectivity index (χ0n) is 37.7. The number of aryl methyl sites for hydroxylation is 1. The number of aromatic nitrogens is 2. The Morgan fingerprint density at radius 2 is 1.62 bits per heavy atom. The van der Waals surface area contributed by atoms with Crippen LogP contribution in [0.5, 0.6) is 5.75 Å². The maximum Gasteiger partial charge on any atom is 0.262 e. The molecule has 66 heavy (non-hydrogen) atoms. The Morgan fingerprint density at radius 3 is 2.36 bits per heavy atom. The van der Waals surface area contributed by atoms with E-state index in [2.05, 4.69) is 41.8 Å². The van der Waals surface area contributed by atoms with Crippen LogP contribution >= 0.6 is 18.7 Å². The Hall–Kier alpha value is -5.83. The lowest BCUT2D eigenvalue weighted by Gasteiger charge is -2.43. The minimum atomic E-state index is -2.56. The summed E-state index contributed by atoms with van der Waals surface area (Å²) in [4.78, 5) is 80.8. The van der Waals surface area contributed by atoms with E-state index in [1.807, 2.05) is 47.4 Å². The molecule has 5 heterocycles. The number of amides is 5. The third kappa shape index (κ3) is 10.4. The lowest BCUT2D eigenvalue weighted by atomic mass is 9.97. The third-order valence-electron chi connectivity index (χ3n) is 13.1. The number of nitrogens with zero attached hydrogens (tertiary/aromatic N) is 6. The standard InChI is InChI=1S/C48H57ClN9O7P/c1-65-39-29-33(17-18-36(39)52-48-50-30-35(49)44(54-48)51-37-14-8-9-15-40(37)66(2,3)64)55-23-21-32(22-24-55)56-25-27-57(28-26-56)42(60)16-7-5-4-6-11-31-12-10-13-34-43(31)47(63)58(46(34)62)38-19-20-41(59)53-45(38)61/h8-10,12-15,17-18,29-30,32,38H,4-7,11,16,19-28H2,1-3H3,(H,53,59,61)(H2,50,51,52,54). The van der Waals surface area contributed by atoms with E-state index in [-0.39, 0.29) is 18.7 Å². The van der Waals surface area contributed by atoms with Gasteiger partial charge < -0.3 is 29.7 Å². The van der Waals surface area contributed by atoms with E-state index in [1.54, 1.807) is 32.6 Å². The predicted octanol–water partition coefficient (Wildman–Crippen LogP) is 6.58. The highest BCUT2D eigenvalue weighted by atomic mass is 35.5. The summed E-state index contributed by atoms with van der Waals surface area (Å²) in [6.07, 6.45) is 8.26. The number of piperidine rings is 2. The van der Waals surface area contributed by atoms with Crippen molar-refractivity contribution in [3.8, 4) is 5.75 Å². The van der Waals surface area contributed by atoms with Crippen LogP contribution in [0.25, 0.3) is 0 Å². The second kappa shape index (κ2) is 20.4. The Bertz CT molecular complexity index is 2560. The van der Waals surface area contributed by atoms with Crippen molar-refractivity contribution < 1.29 is 33.3 Å². The van der Waals surface area contributed by atoms with Crippen LogP contribution in [0.1, 0.15) is 84.1 Å². The maximum atomic E-state index is 13.4. The van der Waals surface area contributed by atoms with Crippen molar-refractivity contribution in [2.75, 3.05) is 75.2 Å². The monoisotopic (exact) mass is 937 g/mol. The molecular formula is C48H57ClN9O7P. The SMILES string of the molecule is COc1cc(N2CCC(N3CCN(C(=O)CCCCCCc4cccc5c4C(=O)N(C4CCC(=O)NC4=O)C5=O)CC3)CC2)ccc1Nc1ncc(Cl)c(Nc2ccccc2P(C)(C)=O)n1. The number of rotatable bonds is 16. The zero-order valence-corrected chi connectivity index (χ0v) is 39.3. The number of hydrogen-bond acceptors (Lipinski definition) is 13. The van der Waals surface area contributed by atoms with Crippen LogP contribution in [-0.4, -0.2) is 126 Å². The van der Waals surface area contributed by atoms with Gasteiger partial charge in [-0.1, -0.05) is 48.7 Å². The van der Waals surface area contributed by atoms with Crippen LogP contribution < -0.4 is 30.9 Å². The molecule has 8 rings (SSSR count). The zero-order chi connectivity index (χ0) is 46.5. The summed E-state index contributed by atoms with van der Waals surface area (Å²) in [5.41, 5.74) is 3.89. The minimum Gasteiger partial charge on any atom is -0.494 e. The van der Waals surface area contributed by atoms with Gasteiger partial charge in [0.2, 0.25) is 23.7 Å². The third-order valence-corrected chi connectivity index (χ3v) is 14.9. The number of para-hydroxylation sites is 1. The molecule has 5 amide bonds. The second-order valence-electron chi connectivity index (χ2n) is 17.7. The van der Waals surface area contributed by atoms with E-state index in [0.717, 1.165) is 93.9 Å². The Balaban J connectivity index is 0.750. The first-order valence-corrected chi connectivity index (χ1v) is 25.8. The highest BCUT2D eigenvalue weighted by Gasteiger charge is 2.45. The summed E-state index contributed by atoms with van der Waals surface area (Å²) in [6.45, 7) is 8.45. The van der Waals surface area contributed by atoms with Gasteiger partial charge >= 0.3 is 0 Å². The Morgan fingerprint density at radius 1 is 0.864 bits per heavy atom. The first-order valence-electron chi connectivity index (χ1n) is 22.8. The number of nitrogens with one attached hydrogen (secondary N) is 3. The van der Waals surface area contributed by atoms with Crippen LogP contribution in [0.15, 0.2) is 66.9 Å². The lowest BCUT2D eigenvalue weighted by Crippen LogP contribution is -2.54. The molecule has 4 aliphatic heterocycles. The van der Waals surface area contributed by atoms with E-state index in [1.165, 1.54) is 6.20 Å². The number of carbonyl (C=O) groups is 5. The normalized spacial score (nSPS) is 18.4. The summed E-state index contributed by atoms with van der Waals surface area (Å²) in [5.74, 6) is -0.418. The average Bonchev–Trinajstić information content (AvgIpc) is 3.57. The number of hydrogen-bond donors (Lipinski definition) is 3. The van der Waals surface area contributed by atoms with Gasteiger partial charge in [0, 0.05) is 75.2 Å². The van der Waals surface area contributed by atoms with Crippen LogP contribution in [0.3, 0.4) is 0 Å². The van der Waals surface area contributed by atoms with Gasteiger partial charge in [-0.2, -0.15) is 4.98 Å². The fourth-order valence-electron chi connectivity index (χ4n) is 9.51. The molecule has 3 aromatic carbocycles. The maximum absolute atomic E-state index is 13.4. The number of carbonyl (C=O) groups excluding carboxylic acids is 5. The molecule has 4 aliphatic rings. The van der Waals surface area contributed by atoms with Crippen molar-refractivity contribution in [2.45, 2.75) is 76.3 Å². The molecule has 0 spiro atoms. The number of methoxy groups -OCH3 is 1. The quantitative estimate of drug-likeness (QED) is 0.0622. The van der Waals surface area contributed by atoms with Gasteiger partial charge in [0.15, 0.2) is 5.82 Å². The summed E-state index contributed by atoms with van der Waals surface area (Å²) >= 11 is 6.48. The first kappa shape index (κ1) is 46.7. The molecule has 348 valence electrons. The molecule has 0 aliphatic carbocycles. The number of halogens is 1. The molecule has 4 aromatic rings. The van der Waals surface area contributed by atoms with E-state index in [4.69, 9.17) is 16.3 Å².